The van der Waals surface area contributed by atoms with Crippen molar-refractivity contribution in [2.75, 3.05) is 59.1 Å². The Bertz CT molecular complexity index is 1340. The molecule has 0 aromatic heterocycles. The number of benzene rings is 1. The Kier molecular flexibility index (Phi) is 9.88. The first-order chi connectivity index (χ1) is 22.4. The van der Waals surface area contributed by atoms with Gasteiger partial charge in [-0.1, -0.05) is 61.6 Å². The molecule has 0 saturated carbocycles. The lowest BCUT2D eigenvalue weighted by molar-refractivity contribution is -0.160. The number of aliphatic hydroxyl groups is 1. The highest BCUT2D eigenvalue weighted by Crippen LogP contribution is 2.56. The normalized spacial score (nSPS) is 33.6. The Hall–Kier alpha value is -3.58. The standard InChI is InChI=1S/C34H44N4O8/c1-2-24(22-39)38-30-32(42)37(16-15-36-17-19-44-20-18-36)14-8-4-7-11-27(40)35-21-26(23-9-5-3-6-10-23)45-33(43)28-25-12-13-34(30,46-25)29(28)31(38)41/h3-6,8-10,12-13,24-26,28-30,39H,2,7,11,14-22H2,1H3,(H,35,40)/b8-4-/t24-,25-,26-,28+,29+,30-,34+/m0/s1. The number of cyclic esters (lactones) is 1. The molecule has 5 bridgehead atoms. The molecule has 248 valence electrons. The van der Waals surface area contributed by atoms with Gasteiger partial charge in [0.1, 0.15) is 23.7 Å². The molecule has 0 radical (unpaired) electrons. The van der Waals surface area contributed by atoms with Gasteiger partial charge in [-0.2, -0.15) is 0 Å². The third-order valence-corrected chi connectivity index (χ3v) is 9.94. The van der Waals surface area contributed by atoms with Gasteiger partial charge in [-0.25, -0.2) is 0 Å². The van der Waals surface area contributed by atoms with Crippen LogP contribution in [-0.2, 0) is 33.4 Å². The zero-order valence-corrected chi connectivity index (χ0v) is 26.3. The highest BCUT2D eigenvalue weighted by molar-refractivity contribution is 5.99. The van der Waals surface area contributed by atoms with Crippen LogP contribution in [0.25, 0.3) is 0 Å². The number of esters is 1. The van der Waals surface area contributed by atoms with Gasteiger partial charge in [-0.05, 0) is 18.4 Å². The molecule has 2 N–H and O–H groups in total. The monoisotopic (exact) mass is 636 g/mol. The molecule has 1 aromatic carbocycles. The smallest absolute Gasteiger partial charge is 0.313 e. The minimum absolute atomic E-state index is 0.0706. The molecule has 5 aliphatic heterocycles. The van der Waals surface area contributed by atoms with Crippen LogP contribution in [0.2, 0.25) is 0 Å². The van der Waals surface area contributed by atoms with Gasteiger partial charge in [0.25, 0.3) is 0 Å². The first-order valence-corrected chi connectivity index (χ1v) is 16.4. The summed E-state index contributed by atoms with van der Waals surface area (Å²) in [6.45, 7) is 5.66. The molecule has 3 amide bonds. The Morgan fingerprint density at radius 3 is 2.57 bits per heavy atom. The number of amides is 3. The van der Waals surface area contributed by atoms with Crippen molar-refractivity contribution in [3.05, 3.63) is 60.2 Å². The summed E-state index contributed by atoms with van der Waals surface area (Å²) >= 11 is 0. The van der Waals surface area contributed by atoms with E-state index in [0.29, 0.717) is 44.7 Å². The van der Waals surface area contributed by atoms with Crippen LogP contribution < -0.4 is 5.32 Å². The molecule has 12 heteroatoms. The minimum Gasteiger partial charge on any atom is -0.455 e. The van der Waals surface area contributed by atoms with E-state index in [-0.39, 0.29) is 37.9 Å². The van der Waals surface area contributed by atoms with Crippen LogP contribution in [0.15, 0.2) is 54.6 Å². The number of aliphatic hydroxyl groups excluding tert-OH is 1. The van der Waals surface area contributed by atoms with Crippen molar-refractivity contribution < 1.29 is 38.5 Å². The number of likely N-dealkylation sites (tertiary alicyclic amines) is 1. The van der Waals surface area contributed by atoms with Crippen molar-refractivity contribution >= 4 is 23.7 Å². The van der Waals surface area contributed by atoms with E-state index in [4.69, 9.17) is 14.2 Å². The molecule has 7 atom stereocenters. The fourth-order valence-electron chi connectivity index (χ4n) is 7.46. The van der Waals surface area contributed by atoms with Crippen LogP contribution >= 0.6 is 0 Å². The lowest BCUT2D eigenvalue weighted by atomic mass is 9.74. The molecular formula is C34H44N4O8. The van der Waals surface area contributed by atoms with Gasteiger partial charge < -0.3 is 34.4 Å². The summed E-state index contributed by atoms with van der Waals surface area (Å²) in [5.41, 5.74) is -0.672. The summed E-state index contributed by atoms with van der Waals surface area (Å²) in [7, 11) is 0. The van der Waals surface area contributed by atoms with E-state index in [1.165, 1.54) is 4.90 Å². The topological polar surface area (TPSA) is 138 Å². The van der Waals surface area contributed by atoms with Crippen molar-refractivity contribution in [2.45, 2.75) is 56.1 Å². The molecular weight excluding hydrogens is 592 g/mol. The summed E-state index contributed by atoms with van der Waals surface area (Å²) < 4.78 is 18.1. The highest BCUT2D eigenvalue weighted by atomic mass is 16.6. The molecule has 0 aliphatic carbocycles. The summed E-state index contributed by atoms with van der Waals surface area (Å²) in [5.74, 6) is -3.50. The van der Waals surface area contributed by atoms with Crippen molar-refractivity contribution in [1.82, 2.24) is 20.0 Å². The van der Waals surface area contributed by atoms with Gasteiger partial charge >= 0.3 is 5.97 Å². The average molecular weight is 637 g/mol. The Morgan fingerprint density at radius 2 is 1.83 bits per heavy atom. The number of hydrogen-bond acceptors (Lipinski definition) is 9. The largest absolute Gasteiger partial charge is 0.455 e. The molecule has 3 saturated heterocycles. The van der Waals surface area contributed by atoms with Crippen molar-refractivity contribution in [1.29, 1.82) is 0 Å². The van der Waals surface area contributed by atoms with Crippen molar-refractivity contribution in [3.63, 3.8) is 0 Å². The Morgan fingerprint density at radius 1 is 1.04 bits per heavy atom. The van der Waals surface area contributed by atoms with E-state index in [1.54, 1.807) is 17.1 Å². The van der Waals surface area contributed by atoms with Gasteiger partial charge in [0.05, 0.1) is 44.4 Å². The van der Waals surface area contributed by atoms with E-state index in [2.05, 4.69) is 10.2 Å². The van der Waals surface area contributed by atoms with E-state index in [0.717, 1.165) is 13.1 Å². The number of morpholine rings is 1. The lowest BCUT2D eigenvalue weighted by Gasteiger charge is -2.39. The zero-order chi connectivity index (χ0) is 32.3. The maximum Gasteiger partial charge on any atom is 0.313 e. The number of allylic oxidation sites excluding steroid dienone is 1. The molecule has 1 aromatic rings. The van der Waals surface area contributed by atoms with Crippen molar-refractivity contribution in [2.24, 2.45) is 11.8 Å². The van der Waals surface area contributed by atoms with Gasteiger partial charge in [0, 0.05) is 39.1 Å². The van der Waals surface area contributed by atoms with Crippen LogP contribution in [-0.4, -0.2) is 126 Å². The highest BCUT2D eigenvalue weighted by Gasteiger charge is 2.74. The first kappa shape index (κ1) is 32.4. The molecule has 12 nitrogen and oxygen atoms in total. The number of ether oxygens (including phenoxy) is 3. The molecule has 0 unspecified atom stereocenters. The van der Waals surface area contributed by atoms with E-state index >= 15 is 0 Å². The quantitative estimate of drug-likeness (QED) is 0.329. The summed E-state index contributed by atoms with van der Waals surface area (Å²) in [4.78, 5) is 61.4. The number of hydrogen-bond donors (Lipinski definition) is 2. The molecule has 1 spiro atoms. The summed E-state index contributed by atoms with van der Waals surface area (Å²) in [6.07, 6.45) is 6.88. The van der Waals surface area contributed by atoms with Gasteiger partial charge in [0.2, 0.25) is 17.7 Å². The molecule has 46 heavy (non-hydrogen) atoms. The average Bonchev–Trinajstić information content (AvgIpc) is 3.72. The second-order valence-electron chi connectivity index (χ2n) is 12.6. The van der Waals surface area contributed by atoms with Crippen molar-refractivity contribution in [3.8, 4) is 0 Å². The number of rotatable bonds is 7. The minimum atomic E-state index is -1.38. The third kappa shape index (κ3) is 6.11. The number of carbonyl (C=O) groups is 4. The third-order valence-electron chi connectivity index (χ3n) is 9.94. The SMILES string of the molecule is CC[C@@H](CO)N1C(=O)[C@H]2[C@@H]3C(=O)O[C@H](c4ccccc4)CNC(=O)CC/C=C\CN(CCN4CCOCC4)C(=O)[C@H]1[C@@]21C=C[C@@H]3O1. The second-order valence-corrected chi connectivity index (χ2v) is 12.6. The fraction of sp³-hybridized carbons (Fsp3) is 0.588. The summed E-state index contributed by atoms with van der Waals surface area (Å²) in [6, 6.07) is 7.46. The summed E-state index contributed by atoms with van der Waals surface area (Å²) in [5, 5.41) is 13.3. The van der Waals surface area contributed by atoms with Crippen LogP contribution in [0.1, 0.15) is 37.9 Å². The first-order valence-electron chi connectivity index (χ1n) is 16.4. The number of nitrogens with zero attached hydrogens (tertiary/aromatic N) is 3. The van der Waals surface area contributed by atoms with Crippen LogP contribution in [0.3, 0.4) is 0 Å². The van der Waals surface area contributed by atoms with Gasteiger partial charge in [0.15, 0.2) is 0 Å². The Balaban J connectivity index is 1.37. The molecule has 5 aliphatic rings. The van der Waals surface area contributed by atoms with Gasteiger partial charge in [-0.15, -0.1) is 0 Å². The van der Waals surface area contributed by atoms with Crippen LogP contribution in [0.5, 0.6) is 0 Å². The van der Waals surface area contributed by atoms with E-state index in [9.17, 15) is 24.3 Å². The molecule has 6 rings (SSSR count). The maximum atomic E-state index is 14.7. The Labute approximate surface area is 269 Å². The molecule has 5 heterocycles. The predicted octanol–water partition coefficient (Wildman–Crippen LogP) is 0.819. The lowest BCUT2D eigenvalue weighted by Crippen LogP contribution is -2.59. The zero-order valence-electron chi connectivity index (χ0n) is 26.3. The van der Waals surface area contributed by atoms with E-state index in [1.807, 2.05) is 49.4 Å². The van der Waals surface area contributed by atoms with Crippen LogP contribution in [0, 0.1) is 11.8 Å². The van der Waals surface area contributed by atoms with E-state index < -0.39 is 53.6 Å². The number of nitrogens with one attached hydrogen (secondary N) is 1. The number of fused-ring (bicyclic) bond motifs is 2. The fourth-order valence-corrected chi connectivity index (χ4v) is 7.46. The predicted molar refractivity (Wildman–Crippen MR) is 166 cm³/mol. The van der Waals surface area contributed by atoms with Gasteiger partial charge in [-0.3, -0.25) is 24.1 Å². The molecule has 3 fully saturated rings. The van der Waals surface area contributed by atoms with Crippen LogP contribution in [0.4, 0.5) is 0 Å². The maximum absolute atomic E-state index is 14.7. The number of carbonyl (C=O) groups excluding carboxylic acids is 4. The second kappa shape index (κ2) is 14.0.